The fourth-order valence-corrected chi connectivity index (χ4v) is 10.4. The Labute approximate surface area is 363 Å². The van der Waals surface area contributed by atoms with Gasteiger partial charge in [0, 0.05) is 43.0 Å². The topological polar surface area (TPSA) is 102 Å². The average Bonchev–Trinajstić information content (AvgIpc) is 3.91. The summed E-state index contributed by atoms with van der Waals surface area (Å²) in [5.74, 6) is 1.49. The lowest BCUT2D eigenvalue weighted by atomic mass is 9.92. The number of fused-ring (bicyclic) bond motifs is 6. The van der Waals surface area contributed by atoms with E-state index in [4.69, 9.17) is 40.3 Å². The maximum Gasteiger partial charge on any atom is 0.410 e. The summed E-state index contributed by atoms with van der Waals surface area (Å²) in [5, 5.41) is 1.26. The molecule has 2 aromatic carbocycles. The molecule has 2 aromatic heterocycles. The van der Waals surface area contributed by atoms with E-state index in [2.05, 4.69) is 15.7 Å². The number of carbonyl (C=O) groups is 1. The van der Waals surface area contributed by atoms with Crippen molar-refractivity contribution in [2.24, 2.45) is 11.3 Å². The number of piperazine rings is 1. The Morgan fingerprint density at radius 1 is 0.968 bits per heavy atom. The van der Waals surface area contributed by atoms with Crippen LogP contribution < -0.4 is 14.4 Å². The number of piperidine rings is 1. The molecule has 4 fully saturated rings. The molecule has 0 N–H and O–H groups in total. The Morgan fingerprint density at radius 2 is 1.75 bits per heavy atom. The van der Waals surface area contributed by atoms with Crippen LogP contribution in [0.1, 0.15) is 89.8 Å². The van der Waals surface area contributed by atoms with Crippen LogP contribution in [0.15, 0.2) is 24.3 Å². The van der Waals surface area contributed by atoms with Gasteiger partial charge in [0.1, 0.15) is 34.2 Å². The molecule has 11 nitrogen and oxygen atoms in total. The molecule has 1 amide bonds. The van der Waals surface area contributed by atoms with Gasteiger partial charge in [0.15, 0.2) is 12.6 Å². The lowest BCUT2D eigenvalue weighted by Gasteiger charge is -2.48. The number of aromatic nitrogens is 3. The number of methoxy groups -OCH3 is 1. The van der Waals surface area contributed by atoms with Crippen molar-refractivity contribution in [3.63, 3.8) is 0 Å². The van der Waals surface area contributed by atoms with Gasteiger partial charge < -0.3 is 28.7 Å². The van der Waals surface area contributed by atoms with E-state index in [-0.39, 0.29) is 77.3 Å². The van der Waals surface area contributed by atoms with Gasteiger partial charge in [0.05, 0.1) is 41.4 Å². The minimum absolute atomic E-state index is 0.0100. The van der Waals surface area contributed by atoms with Gasteiger partial charge in [0.2, 0.25) is 0 Å². The maximum atomic E-state index is 17.8. The lowest BCUT2D eigenvalue weighted by Crippen LogP contribution is -2.62. The van der Waals surface area contributed by atoms with Crippen molar-refractivity contribution in [2.75, 3.05) is 51.6 Å². The Kier molecular flexibility index (Phi) is 11.3. The number of halogens is 5. The minimum Gasteiger partial charge on any atom is -0.468 e. The van der Waals surface area contributed by atoms with Gasteiger partial charge in [-0.15, -0.1) is 6.42 Å². The molecule has 3 atom stereocenters. The van der Waals surface area contributed by atoms with Crippen LogP contribution in [0.25, 0.3) is 32.9 Å². The molecule has 4 aromatic rings. The number of likely N-dealkylation sites (tertiary alicyclic amines) is 1. The van der Waals surface area contributed by atoms with Gasteiger partial charge in [-0.05, 0) is 121 Å². The average molecular weight is 877 g/mol. The number of rotatable bonds is 10. The SMILES string of the molecule is C#Cc1c(F)ccc2cc(OCOC)cc(-c3nc4c5c(nc(OCC6(CN7CCC(CC(F)(F)F)CC7)CC6)nc5c3F)N3C[C@H]5CC[C@@H]([C@H]3CCC4)N5C(=O)OC(C)(C)C)c12. The van der Waals surface area contributed by atoms with Crippen LogP contribution in [0, 0.1) is 35.3 Å². The molecule has 1 aliphatic carbocycles. The normalized spacial score (nSPS) is 22.4. The van der Waals surface area contributed by atoms with E-state index in [9.17, 15) is 18.0 Å². The number of benzene rings is 2. The molecule has 9 rings (SSSR count). The van der Waals surface area contributed by atoms with Crippen LogP contribution in [0.5, 0.6) is 11.8 Å². The van der Waals surface area contributed by atoms with E-state index in [0.717, 1.165) is 25.7 Å². The van der Waals surface area contributed by atoms with E-state index in [1.165, 1.54) is 13.2 Å². The molecule has 6 heterocycles. The summed E-state index contributed by atoms with van der Waals surface area (Å²) in [5.41, 5.74) is -0.263. The summed E-state index contributed by atoms with van der Waals surface area (Å²) in [7, 11) is 1.48. The largest absolute Gasteiger partial charge is 0.468 e. The van der Waals surface area contributed by atoms with E-state index in [1.54, 1.807) is 18.2 Å². The first kappa shape index (κ1) is 43.3. The number of anilines is 1. The molecular weight excluding hydrogens is 824 g/mol. The number of terminal acetylenes is 1. The second-order valence-electron chi connectivity index (χ2n) is 19.1. The molecule has 3 saturated heterocycles. The highest BCUT2D eigenvalue weighted by atomic mass is 19.4. The molecule has 4 aliphatic heterocycles. The van der Waals surface area contributed by atoms with Crippen LogP contribution in [0.4, 0.5) is 32.6 Å². The second kappa shape index (κ2) is 16.5. The number of hydrogen-bond donors (Lipinski definition) is 0. The zero-order valence-electron chi connectivity index (χ0n) is 36.1. The standard InChI is InChI=1S/C47H53F5N6O5/c1-6-31-33(48)12-10-28-20-30(62-26-60-5)21-32(37(28)31)40-39(49)41-38-34(53-40)8-7-9-35-36-13-11-29(58(36)44(59)63-45(2,3)4)23-57(35)42(38)55-43(54-41)61-25-46(16-17-46)24-56-18-14-27(15-19-56)22-47(50,51)52/h1,10,12,20-21,27,29,35-36H,7-9,11,13-19,22-26H2,2-5H3/t29-,35-,36+/m1/s1. The number of hydrogen-bond acceptors (Lipinski definition) is 10. The van der Waals surface area contributed by atoms with Crippen molar-refractivity contribution in [3.8, 4) is 35.4 Å². The van der Waals surface area contributed by atoms with Gasteiger partial charge in [-0.1, -0.05) is 12.0 Å². The monoisotopic (exact) mass is 876 g/mol. The molecule has 1 saturated carbocycles. The molecule has 0 spiro atoms. The van der Waals surface area contributed by atoms with Crippen LogP contribution in [-0.4, -0.2) is 107 Å². The molecule has 336 valence electrons. The number of pyridine rings is 1. The first-order chi connectivity index (χ1) is 30.0. The van der Waals surface area contributed by atoms with E-state index in [1.807, 2.05) is 25.7 Å². The smallest absolute Gasteiger partial charge is 0.410 e. The highest BCUT2D eigenvalue weighted by Gasteiger charge is 2.51. The number of carbonyl (C=O) groups excluding carboxylic acids is 1. The van der Waals surface area contributed by atoms with Crippen molar-refractivity contribution >= 4 is 33.6 Å². The molecule has 2 bridgehead atoms. The Morgan fingerprint density at radius 3 is 2.44 bits per heavy atom. The number of amides is 1. The fraction of sp³-hybridized carbons (Fsp3) is 0.574. The van der Waals surface area contributed by atoms with Gasteiger partial charge in [0.25, 0.3) is 0 Å². The van der Waals surface area contributed by atoms with Crippen molar-refractivity contribution in [1.82, 2.24) is 24.8 Å². The summed E-state index contributed by atoms with van der Waals surface area (Å²) in [4.78, 5) is 34.9. The van der Waals surface area contributed by atoms with Gasteiger partial charge in [-0.3, -0.25) is 4.90 Å². The van der Waals surface area contributed by atoms with Gasteiger partial charge in [-0.2, -0.15) is 23.1 Å². The zero-order chi connectivity index (χ0) is 44.4. The first-order valence-corrected chi connectivity index (χ1v) is 22.0. The highest BCUT2D eigenvalue weighted by Crippen LogP contribution is 2.49. The molecule has 0 unspecified atom stereocenters. The third-order valence-corrected chi connectivity index (χ3v) is 13.4. The molecular formula is C47H53F5N6O5. The molecule has 5 aliphatic rings. The van der Waals surface area contributed by atoms with Crippen LogP contribution in [0.2, 0.25) is 0 Å². The fourth-order valence-electron chi connectivity index (χ4n) is 10.4. The van der Waals surface area contributed by atoms with Gasteiger partial charge >= 0.3 is 18.3 Å². The van der Waals surface area contributed by atoms with E-state index >= 15 is 8.78 Å². The number of ether oxygens (including phenoxy) is 4. The number of aryl methyl sites for hydroxylation is 1. The molecule has 0 radical (unpaired) electrons. The Hall–Kier alpha value is -5.01. The quantitative estimate of drug-likeness (QED) is 0.0871. The van der Waals surface area contributed by atoms with Crippen molar-refractivity contribution < 1.29 is 45.7 Å². The summed E-state index contributed by atoms with van der Waals surface area (Å²) in [6, 6.07) is 5.57. The van der Waals surface area contributed by atoms with E-state index in [0.29, 0.717) is 91.7 Å². The van der Waals surface area contributed by atoms with Crippen molar-refractivity contribution in [3.05, 3.63) is 47.2 Å². The van der Waals surface area contributed by atoms with Crippen molar-refractivity contribution in [2.45, 2.75) is 115 Å². The van der Waals surface area contributed by atoms with Crippen molar-refractivity contribution in [1.29, 1.82) is 0 Å². The number of nitrogens with zero attached hydrogens (tertiary/aromatic N) is 6. The van der Waals surface area contributed by atoms with E-state index < -0.39 is 29.8 Å². The predicted octanol–water partition coefficient (Wildman–Crippen LogP) is 9.20. The van der Waals surface area contributed by atoms with Gasteiger partial charge in [-0.25, -0.2) is 18.6 Å². The summed E-state index contributed by atoms with van der Waals surface area (Å²) < 4.78 is 95.9. The first-order valence-electron chi connectivity index (χ1n) is 22.0. The van der Waals surface area contributed by atoms with Crippen LogP contribution >= 0.6 is 0 Å². The summed E-state index contributed by atoms with van der Waals surface area (Å²) in [6.07, 6.45) is 6.65. The van der Waals surface area contributed by atoms with Crippen LogP contribution in [-0.2, 0) is 15.9 Å². The minimum atomic E-state index is -4.17. The lowest BCUT2D eigenvalue weighted by molar-refractivity contribution is -0.147. The third-order valence-electron chi connectivity index (χ3n) is 13.4. The summed E-state index contributed by atoms with van der Waals surface area (Å²) in [6.45, 7) is 7.97. The van der Waals surface area contributed by atoms with Crippen LogP contribution in [0.3, 0.4) is 0 Å². The molecule has 63 heavy (non-hydrogen) atoms. The Bertz CT molecular complexity index is 2460. The predicted molar refractivity (Wildman–Crippen MR) is 227 cm³/mol. The maximum absolute atomic E-state index is 17.8. The number of alkyl halides is 3. The zero-order valence-corrected chi connectivity index (χ0v) is 36.1. The second-order valence-corrected chi connectivity index (χ2v) is 19.1. The highest BCUT2D eigenvalue weighted by molar-refractivity contribution is 6.03. The third kappa shape index (κ3) is 8.67. The summed E-state index contributed by atoms with van der Waals surface area (Å²) >= 11 is 0. The Balaban J connectivity index is 1.13. The molecule has 16 heteroatoms.